The summed E-state index contributed by atoms with van der Waals surface area (Å²) in [4.78, 5) is 14.2. The van der Waals surface area contributed by atoms with Crippen molar-refractivity contribution in [3.63, 3.8) is 0 Å². The van der Waals surface area contributed by atoms with Crippen LogP contribution in [0.5, 0.6) is 17.2 Å². The number of likely N-dealkylation sites (tertiary alicyclic amines) is 1. The highest BCUT2D eigenvalue weighted by molar-refractivity contribution is 6.32. The van der Waals surface area contributed by atoms with Gasteiger partial charge in [-0.25, -0.2) is 0 Å². The zero-order chi connectivity index (χ0) is 32.3. The van der Waals surface area contributed by atoms with Gasteiger partial charge in [0, 0.05) is 49.6 Å². The Bertz CT molecular complexity index is 1550. The maximum Gasteiger partial charge on any atom is 0.142 e. The normalized spacial score (nSPS) is 20.4. The maximum atomic E-state index is 11.6. The first-order valence-electron chi connectivity index (χ1n) is 17.2. The van der Waals surface area contributed by atoms with Crippen LogP contribution in [0.2, 0.25) is 5.02 Å². The SMILES string of the molecule is CCOc1cc(O[C@H]2CCc3c(-c4cccc(OCCCN5CCC5(C)C)c4C)cccc32)c(Cl)cc1CNC[C@@H]1CCC(=O)C1. The van der Waals surface area contributed by atoms with E-state index in [9.17, 15) is 4.79 Å². The minimum absolute atomic E-state index is 0.0868. The monoisotopic (exact) mass is 644 g/mol. The van der Waals surface area contributed by atoms with Crippen molar-refractivity contribution in [2.45, 2.75) is 90.8 Å². The minimum atomic E-state index is -0.0868. The van der Waals surface area contributed by atoms with Gasteiger partial charge in [0.15, 0.2) is 0 Å². The van der Waals surface area contributed by atoms with Gasteiger partial charge < -0.3 is 19.5 Å². The van der Waals surface area contributed by atoms with E-state index < -0.39 is 0 Å². The predicted molar refractivity (Wildman–Crippen MR) is 185 cm³/mol. The Balaban J connectivity index is 1.13. The molecule has 2 atom stereocenters. The zero-order valence-corrected chi connectivity index (χ0v) is 28.7. The lowest BCUT2D eigenvalue weighted by molar-refractivity contribution is -0.117. The number of halogens is 1. The highest BCUT2D eigenvalue weighted by atomic mass is 35.5. The van der Waals surface area contributed by atoms with E-state index in [1.54, 1.807) is 0 Å². The molecule has 6 nitrogen and oxygen atoms in total. The third-order valence-corrected chi connectivity index (χ3v) is 10.5. The second kappa shape index (κ2) is 14.4. The summed E-state index contributed by atoms with van der Waals surface area (Å²) in [6.07, 6.45) is 6.40. The molecule has 0 amide bonds. The molecule has 3 aromatic carbocycles. The van der Waals surface area contributed by atoms with E-state index in [1.807, 2.05) is 19.1 Å². The Kier molecular flexibility index (Phi) is 10.3. The van der Waals surface area contributed by atoms with Crippen LogP contribution in [0.15, 0.2) is 48.5 Å². The zero-order valence-electron chi connectivity index (χ0n) is 27.9. The van der Waals surface area contributed by atoms with Crippen LogP contribution in [0.1, 0.15) is 87.7 Å². The predicted octanol–water partition coefficient (Wildman–Crippen LogP) is 8.49. The van der Waals surface area contributed by atoms with Crippen molar-refractivity contribution in [2.75, 3.05) is 32.8 Å². The molecule has 0 aromatic heterocycles. The first-order chi connectivity index (χ1) is 22.2. The lowest BCUT2D eigenvalue weighted by Crippen LogP contribution is -2.55. The van der Waals surface area contributed by atoms with Crippen molar-refractivity contribution in [2.24, 2.45) is 5.92 Å². The summed E-state index contributed by atoms with van der Waals surface area (Å²) in [6.45, 7) is 13.8. The number of hydrogen-bond acceptors (Lipinski definition) is 6. The molecule has 46 heavy (non-hydrogen) atoms. The van der Waals surface area contributed by atoms with E-state index >= 15 is 0 Å². The van der Waals surface area contributed by atoms with E-state index in [0.717, 1.165) is 62.4 Å². The summed E-state index contributed by atoms with van der Waals surface area (Å²) in [6, 6.07) is 16.9. The van der Waals surface area contributed by atoms with Crippen LogP contribution in [0.3, 0.4) is 0 Å². The van der Waals surface area contributed by atoms with Crippen molar-refractivity contribution in [3.8, 4) is 28.4 Å². The van der Waals surface area contributed by atoms with Crippen LogP contribution in [0.25, 0.3) is 11.1 Å². The molecule has 3 aromatic rings. The Hall–Kier alpha value is -3.06. The van der Waals surface area contributed by atoms with Crippen molar-refractivity contribution >= 4 is 17.4 Å². The number of Topliss-reactive ketones (excluding diaryl/α,β-unsaturated/α-hetero) is 1. The second-order valence-electron chi connectivity index (χ2n) is 13.8. The summed E-state index contributed by atoms with van der Waals surface area (Å²) in [5.74, 6) is 3.18. The fourth-order valence-corrected chi connectivity index (χ4v) is 7.58. The van der Waals surface area contributed by atoms with Crippen molar-refractivity contribution in [1.82, 2.24) is 10.2 Å². The summed E-state index contributed by atoms with van der Waals surface area (Å²) in [5, 5.41) is 4.09. The molecule has 1 aliphatic heterocycles. The lowest BCUT2D eigenvalue weighted by atomic mass is 9.89. The Morgan fingerprint density at radius 1 is 1.00 bits per heavy atom. The molecule has 246 valence electrons. The van der Waals surface area contributed by atoms with Crippen LogP contribution in [-0.4, -0.2) is 49.1 Å². The number of rotatable bonds is 14. The van der Waals surface area contributed by atoms with Crippen LogP contribution >= 0.6 is 11.6 Å². The Morgan fingerprint density at radius 2 is 1.83 bits per heavy atom. The number of fused-ring (bicyclic) bond motifs is 1. The number of ketones is 1. The Morgan fingerprint density at radius 3 is 2.57 bits per heavy atom. The van der Waals surface area contributed by atoms with Crippen LogP contribution in [0, 0.1) is 12.8 Å². The Labute approximate surface area is 279 Å². The minimum Gasteiger partial charge on any atom is -0.493 e. The number of nitrogens with zero attached hydrogens (tertiary/aromatic N) is 1. The van der Waals surface area contributed by atoms with Gasteiger partial charge in [0.2, 0.25) is 0 Å². The number of nitrogens with one attached hydrogen (secondary N) is 1. The van der Waals surface area contributed by atoms with Crippen molar-refractivity contribution < 1.29 is 19.0 Å². The largest absolute Gasteiger partial charge is 0.493 e. The molecule has 2 fully saturated rings. The second-order valence-corrected chi connectivity index (χ2v) is 14.2. The maximum absolute atomic E-state index is 11.6. The number of benzene rings is 3. The topological polar surface area (TPSA) is 60.0 Å². The third kappa shape index (κ3) is 7.25. The first-order valence-corrected chi connectivity index (χ1v) is 17.5. The molecule has 0 radical (unpaired) electrons. The molecule has 3 aliphatic rings. The van der Waals surface area contributed by atoms with Crippen LogP contribution in [0.4, 0.5) is 0 Å². The first kappa shape index (κ1) is 32.9. The molecular formula is C39H49ClN2O4. The van der Waals surface area contributed by atoms with Gasteiger partial charge in [-0.05, 0) is 112 Å². The molecule has 0 spiro atoms. The quantitative estimate of drug-likeness (QED) is 0.178. The van der Waals surface area contributed by atoms with E-state index in [4.69, 9.17) is 25.8 Å². The molecule has 0 unspecified atom stereocenters. The fraction of sp³-hybridized carbons (Fsp3) is 0.513. The van der Waals surface area contributed by atoms with E-state index in [-0.39, 0.29) is 6.10 Å². The van der Waals surface area contributed by atoms with Gasteiger partial charge in [-0.3, -0.25) is 9.69 Å². The lowest BCUT2D eigenvalue weighted by Gasteiger charge is -2.48. The smallest absolute Gasteiger partial charge is 0.142 e. The van der Waals surface area contributed by atoms with E-state index in [1.165, 1.54) is 40.8 Å². The standard InChI is InChI=1S/C39H49ClN2O4/c1-5-44-37-23-38(34(40)22-28(37)25-41-24-27-13-14-29(43)21-27)46-36-16-15-32-31(10-6-11-33(32)36)30-9-7-12-35(26(30)2)45-20-8-18-42-19-17-39(42,3)4/h6-7,9-12,22-23,27,36,41H,5,8,13-21,24-25H2,1-4H3/t27-,36+/m1/s1. The van der Waals surface area contributed by atoms with Gasteiger partial charge in [-0.15, -0.1) is 0 Å². The molecule has 1 N–H and O–H groups in total. The molecule has 1 heterocycles. The number of ether oxygens (including phenoxy) is 3. The van der Waals surface area contributed by atoms with Crippen molar-refractivity contribution in [1.29, 1.82) is 0 Å². The number of carbonyl (C=O) groups is 1. The highest BCUT2D eigenvalue weighted by Crippen LogP contribution is 2.44. The molecule has 1 saturated carbocycles. The van der Waals surface area contributed by atoms with Gasteiger partial charge in [0.1, 0.15) is 29.1 Å². The van der Waals surface area contributed by atoms with Gasteiger partial charge in [0.05, 0.1) is 18.2 Å². The molecule has 0 bridgehead atoms. The molecule has 6 rings (SSSR count). The molecule has 1 saturated heterocycles. The average molecular weight is 645 g/mol. The fourth-order valence-electron chi connectivity index (χ4n) is 7.35. The average Bonchev–Trinajstić information content (AvgIpc) is 3.65. The summed E-state index contributed by atoms with van der Waals surface area (Å²) in [5.41, 5.74) is 7.53. The molecule has 2 aliphatic carbocycles. The molecule has 7 heteroatoms. The van der Waals surface area contributed by atoms with E-state index in [2.05, 4.69) is 67.4 Å². The van der Waals surface area contributed by atoms with Gasteiger partial charge in [-0.1, -0.05) is 41.9 Å². The highest BCUT2D eigenvalue weighted by Gasteiger charge is 2.35. The third-order valence-electron chi connectivity index (χ3n) is 10.2. The van der Waals surface area contributed by atoms with Crippen LogP contribution in [-0.2, 0) is 17.8 Å². The van der Waals surface area contributed by atoms with Crippen LogP contribution < -0.4 is 19.5 Å². The molecular weight excluding hydrogens is 596 g/mol. The summed E-state index contributed by atoms with van der Waals surface area (Å²) >= 11 is 6.82. The summed E-state index contributed by atoms with van der Waals surface area (Å²) in [7, 11) is 0. The van der Waals surface area contributed by atoms with Crippen molar-refractivity contribution in [3.05, 3.63) is 75.8 Å². The van der Waals surface area contributed by atoms with E-state index in [0.29, 0.717) is 54.0 Å². The van der Waals surface area contributed by atoms with Gasteiger partial charge >= 0.3 is 0 Å². The van der Waals surface area contributed by atoms with Gasteiger partial charge in [0.25, 0.3) is 0 Å². The van der Waals surface area contributed by atoms with Gasteiger partial charge in [-0.2, -0.15) is 0 Å². The summed E-state index contributed by atoms with van der Waals surface area (Å²) < 4.78 is 19.0. The number of carbonyl (C=O) groups excluding carboxylic acids is 1. The number of hydrogen-bond donors (Lipinski definition) is 1.